The Morgan fingerprint density at radius 3 is 2.30 bits per heavy atom. The number of benzene rings is 1. The molecule has 0 radical (unpaired) electrons. The summed E-state index contributed by atoms with van der Waals surface area (Å²) in [5.74, 6) is 2.54. The molecule has 3 aromatic rings. The average molecular weight is 472 g/mol. The number of nitrogens with zero attached hydrogens (tertiary/aromatic N) is 5. The molecule has 1 saturated heterocycles. The van der Waals surface area contributed by atoms with E-state index in [1.807, 2.05) is 22.7 Å². The summed E-state index contributed by atoms with van der Waals surface area (Å²) < 4.78 is 12.9. The molecular formula is C25H34ClN5O2. The number of rotatable bonds is 5. The maximum atomic E-state index is 5.48. The summed E-state index contributed by atoms with van der Waals surface area (Å²) in [4.78, 5) is 9.92. The molecule has 2 aromatic heterocycles. The lowest BCUT2D eigenvalue weighted by Gasteiger charge is -2.41. The number of piperazine rings is 1. The molecule has 0 spiro atoms. The smallest absolute Gasteiger partial charge is 0.161 e. The zero-order valence-electron chi connectivity index (χ0n) is 19.8. The molecule has 8 heteroatoms. The number of aromatic nitrogens is 3. The van der Waals surface area contributed by atoms with Gasteiger partial charge in [0.15, 0.2) is 17.1 Å². The first-order chi connectivity index (χ1) is 15.7. The van der Waals surface area contributed by atoms with Crippen molar-refractivity contribution in [3.8, 4) is 22.8 Å². The van der Waals surface area contributed by atoms with Crippen LogP contribution < -0.4 is 14.4 Å². The number of hydrogen-bond donors (Lipinski definition) is 0. The lowest BCUT2D eigenvalue weighted by atomic mass is 9.94. The molecule has 0 amide bonds. The highest BCUT2D eigenvalue weighted by Gasteiger charge is 2.26. The molecule has 5 rings (SSSR count). The van der Waals surface area contributed by atoms with Crippen molar-refractivity contribution in [3.05, 3.63) is 36.0 Å². The van der Waals surface area contributed by atoms with Crippen molar-refractivity contribution >= 4 is 23.9 Å². The normalized spacial score (nSPS) is 17.7. The van der Waals surface area contributed by atoms with Crippen LogP contribution in [0, 0.1) is 6.92 Å². The molecule has 2 aliphatic rings. The Hall–Kier alpha value is -2.51. The number of ether oxygens (including phenoxy) is 2. The fourth-order valence-corrected chi connectivity index (χ4v) is 5.20. The number of anilines is 1. The first-order valence-corrected chi connectivity index (χ1v) is 11.7. The number of aryl methyl sites for hydroxylation is 1. The third-order valence-corrected chi connectivity index (χ3v) is 6.95. The molecule has 2 fully saturated rings. The van der Waals surface area contributed by atoms with Gasteiger partial charge < -0.3 is 14.4 Å². The van der Waals surface area contributed by atoms with Crippen LogP contribution in [0.15, 0.2) is 30.3 Å². The Balaban J connectivity index is 0.00000259. The summed E-state index contributed by atoms with van der Waals surface area (Å²) in [5.41, 5.74) is 3.76. The van der Waals surface area contributed by atoms with E-state index in [0.29, 0.717) is 11.5 Å². The number of halogens is 1. The topological polar surface area (TPSA) is 55.1 Å². The van der Waals surface area contributed by atoms with Gasteiger partial charge in [-0.1, -0.05) is 19.3 Å². The van der Waals surface area contributed by atoms with Crippen molar-refractivity contribution < 1.29 is 9.47 Å². The van der Waals surface area contributed by atoms with Gasteiger partial charge in [0.05, 0.1) is 19.9 Å². The summed E-state index contributed by atoms with van der Waals surface area (Å²) in [6.45, 7) is 6.36. The monoisotopic (exact) mass is 471 g/mol. The number of hydrogen-bond acceptors (Lipinski definition) is 6. The van der Waals surface area contributed by atoms with Crippen LogP contribution >= 0.6 is 12.4 Å². The summed E-state index contributed by atoms with van der Waals surface area (Å²) in [7, 11) is 3.30. The van der Waals surface area contributed by atoms with Crippen molar-refractivity contribution in [2.45, 2.75) is 45.1 Å². The van der Waals surface area contributed by atoms with Crippen LogP contribution in [0.4, 0.5) is 5.82 Å². The third kappa shape index (κ3) is 4.75. The van der Waals surface area contributed by atoms with Crippen LogP contribution in [0.5, 0.6) is 11.5 Å². The Morgan fingerprint density at radius 1 is 0.879 bits per heavy atom. The molecule has 1 aliphatic carbocycles. The Kier molecular flexibility index (Phi) is 7.29. The quantitative estimate of drug-likeness (QED) is 0.542. The van der Waals surface area contributed by atoms with E-state index in [0.717, 1.165) is 60.6 Å². The van der Waals surface area contributed by atoms with Gasteiger partial charge in [0.25, 0.3) is 0 Å². The molecule has 7 nitrogen and oxygen atoms in total. The number of methoxy groups -OCH3 is 2. The van der Waals surface area contributed by atoms with Gasteiger partial charge in [-0.15, -0.1) is 12.4 Å². The molecule has 1 aliphatic heterocycles. The average Bonchev–Trinajstić information content (AvgIpc) is 3.27. The summed E-state index contributed by atoms with van der Waals surface area (Å²) >= 11 is 0. The lowest BCUT2D eigenvalue weighted by Crippen LogP contribution is -2.51. The van der Waals surface area contributed by atoms with Gasteiger partial charge in [-0.25, -0.2) is 4.98 Å². The largest absolute Gasteiger partial charge is 0.493 e. The highest BCUT2D eigenvalue weighted by Crippen LogP contribution is 2.33. The third-order valence-electron chi connectivity index (χ3n) is 6.95. The maximum absolute atomic E-state index is 5.48. The van der Waals surface area contributed by atoms with Crippen LogP contribution in [0.3, 0.4) is 0 Å². The lowest BCUT2D eigenvalue weighted by molar-refractivity contribution is 0.147. The Labute approximate surface area is 202 Å². The van der Waals surface area contributed by atoms with E-state index in [4.69, 9.17) is 19.6 Å². The molecule has 0 atom stereocenters. The van der Waals surface area contributed by atoms with E-state index >= 15 is 0 Å². The predicted octanol–water partition coefficient (Wildman–Crippen LogP) is 4.60. The summed E-state index contributed by atoms with van der Waals surface area (Å²) in [6.07, 6.45) is 6.92. The molecule has 33 heavy (non-hydrogen) atoms. The van der Waals surface area contributed by atoms with E-state index in [1.54, 1.807) is 14.2 Å². The van der Waals surface area contributed by atoms with E-state index in [-0.39, 0.29) is 12.4 Å². The molecule has 1 saturated carbocycles. The minimum atomic E-state index is 0. The van der Waals surface area contributed by atoms with Crippen molar-refractivity contribution in [1.82, 2.24) is 19.5 Å². The SMILES string of the molecule is COc1ccc(-c2cc3nc(C)cc(N4CCN(C5CCCCC5)CC4)n3n2)cc1OC.Cl. The minimum absolute atomic E-state index is 0. The van der Waals surface area contributed by atoms with Crippen molar-refractivity contribution in [1.29, 1.82) is 0 Å². The van der Waals surface area contributed by atoms with Gasteiger partial charge in [-0.05, 0) is 38.0 Å². The molecule has 1 aromatic carbocycles. The Bertz CT molecular complexity index is 1090. The molecule has 0 bridgehead atoms. The highest BCUT2D eigenvalue weighted by atomic mass is 35.5. The van der Waals surface area contributed by atoms with E-state index in [1.165, 1.54) is 32.1 Å². The van der Waals surface area contributed by atoms with Crippen molar-refractivity contribution in [2.75, 3.05) is 45.3 Å². The molecule has 178 valence electrons. The van der Waals surface area contributed by atoms with E-state index in [9.17, 15) is 0 Å². The molecule has 3 heterocycles. The standard InChI is InChI=1S/C25H33N5O2.ClH/c1-18-15-25(29-13-11-28(12-14-29)20-7-5-4-6-8-20)30-24(26-18)17-21(27-30)19-9-10-22(31-2)23(16-19)32-3;/h9-10,15-17,20H,4-8,11-14H2,1-3H3;1H. The Morgan fingerprint density at radius 2 is 1.61 bits per heavy atom. The molecule has 0 unspecified atom stereocenters. The van der Waals surface area contributed by atoms with E-state index < -0.39 is 0 Å². The second-order valence-corrected chi connectivity index (χ2v) is 8.94. The van der Waals surface area contributed by atoms with E-state index in [2.05, 4.69) is 28.9 Å². The van der Waals surface area contributed by atoms with Crippen LogP contribution in [0.25, 0.3) is 16.9 Å². The fourth-order valence-electron chi connectivity index (χ4n) is 5.20. The molecule has 0 N–H and O–H groups in total. The zero-order chi connectivity index (χ0) is 22.1. The second-order valence-electron chi connectivity index (χ2n) is 8.94. The van der Waals surface area contributed by atoms with Gasteiger partial charge in [-0.3, -0.25) is 4.90 Å². The maximum Gasteiger partial charge on any atom is 0.161 e. The van der Waals surface area contributed by atoms with Crippen LogP contribution in [0.2, 0.25) is 0 Å². The zero-order valence-corrected chi connectivity index (χ0v) is 20.6. The van der Waals surface area contributed by atoms with Crippen LogP contribution in [0.1, 0.15) is 37.8 Å². The predicted molar refractivity (Wildman–Crippen MR) is 134 cm³/mol. The summed E-state index contributed by atoms with van der Waals surface area (Å²) in [5, 5.41) is 4.94. The highest BCUT2D eigenvalue weighted by molar-refractivity contribution is 5.85. The van der Waals surface area contributed by atoms with Crippen molar-refractivity contribution in [2.24, 2.45) is 0 Å². The first kappa shape index (κ1) is 23.6. The second kappa shape index (κ2) is 10.2. The van der Waals surface area contributed by atoms with Crippen LogP contribution in [-0.2, 0) is 0 Å². The van der Waals surface area contributed by atoms with Gasteiger partial charge >= 0.3 is 0 Å². The number of fused-ring (bicyclic) bond motifs is 1. The van der Waals surface area contributed by atoms with Gasteiger partial charge in [0.2, 0.25) is 0 Å². The molecular weight excluding hydrogens is 438 g/mol. The first-order valence-electron chi connectivity index (χ1n) is 11.7. The van der Waals surface area contributed by atoms with Gasteiger partial charge in [-0.2, -0.15) is 9.61 Å². The van der Waals surface area contributed by atoms with Gasteiger partial charge in [0.1, 0.15) is 5.82 Å². The van der Waals surface area contributed by atoms with Crippen molar-refractivity contribution in [3.63, 3.8) is 0 Å². The minimum Gasteiger partial charge on any atom is -0.493 e. The summed E-state index contributed by atoms with van der Waals surface area (Å²) in [6, 6.07) is 10.9. The van der Waals surface area contributed by atoms with Crippen LogP contribution in [-0.4, -0.2) is 65.9 Å². The fraction of sp³-hybridized carbons (Fsp3) is 0.520. The van der Waals surface area contributed by atoms with Gasteiger partial charge in [0, 0.05) is 55.6 Å².